The van der Waals surface area contributed by atoms with E-state index in [-0.39, 0.29) is 11.3 Å². The molecule has 1 aliphatic carbocycles. The fraction of sp³-hybridized carbons (Fsp3) is 0.529. The zero-order valence-corrected chi connectivity index (χ0v) is 13.0. The third-order valence-electron chi connectivity index (χ3n) is 3.82. The maximum atomic E-state index is 12.6. The number of imidazole rings is 1. The maximum Gasteiger partial charge on any atom is 0.223 e. The molecule has 0 aliphatic heterocycles. The number of hydrogen-bond donors (Lipinski definition) is 0. The van der Waals surface area contributed by atoms with Crippen LogP contribution in [0.2, 0.25) is 0 Å². The molecule has 112 valence electrons. The van der Waals surface area contributed by atoms with E-state index < -0.39 is 0 Å². The van der Waals surface area contributed by atoms with Crippen LogP contribution in [0.15, 0.2) is 30.6 Å². The van der Waals surface area contributed by atoms with Crippen molar-refractivity contribution >= 4 is 11.6 Å². The minimum absolute atomic E-state index is 0.0315. The molecule has 2 heterocycles. The first-order chi connectivity index (χ1) is 9.94. The topological polar surface area (TPSA) is 37.6 Å². The molecule has 2 aromatic rings. The fourth-order valence-electron chi connectivity index (χ4n) is 2.64. The second-order valence-electron chi connectivity index (χ2n) is 7.17. The molecule has 0 saturated heterocycles. The summed E-state index contributed by atoms with van der Waals surface area (Å²) < 4.78 is 2.07. The quantitative estimate of drug-likeness (QED) is 0.864. The van der Waals surface area contributed by atoms with Gasteiger partial charge in [0, 0.05) is 18.7 Å². The third-order valence-corrected chi connectivity index (χ3v) is 3.82. The highest BCUT2D eigenvalue weighted by atomic mass is 16.2. The molecule has 1 amide bonds. The smallest absolute Gasteiger partial charge is 0.223 e. The van der Waals surface area contributed by atoms with Crippen LogP contribution in [0.25, 0.3) is 5.65 Å². The van der Waals surface area contributed by atoms with Crippen molar-refractivity contribution in [2.24, 2.45) is 5.41 Å². The van der Waals surface area contributed by atoms with Gasteiger partial charge >= 0.3 is 0 Å². The largest absolute Gasteiger partial charge is 0.334 e. The van der Waals surface area contributed by atoms with Gasteiger partial charge in [-0.25, -0.2) is 4.98 Å². The Morgan fingerprint density at radius 3 is 2.81 bits per heavy atom. The van der Waals surface area contributed by atoms with E-state index in [4.69, 9.17) is 0 Å². The van der Waals surface area contributed by atoms with E-state index in [1.165, 1.54) is 0 Å². The number of hydrogen-bond acceptors (Lipinski definition) is 2. The van der Waals surface area contributed by atoms with Gasteiger partial charge in [0.05, 0.1) is 18.4 Å². The molecule has 1 saturated carbocycles. The van der Waals surface area contributed by atoms with Crippen LogP contribution in [0.4, 0.5) is 0 Å². The second kappa shape index (κ2) is 5.17. The van der Waals surface area contributed by atoms with Crippen LogP contribution < -0.4 is 0 Å². The first kappa shape index (κ1) is 14.1. The summed E-state index contributed by atoms with van der Waals surface area (Å²) in [6, 6.07) is 6.39. The highest BCUT2D eigenvalue weighted by molar-refractivity contribution is 5.77. The number of carbonyl (C=O) groups is 1. The van der Waals surface area contributed by atoms with Gasteiger partial charge in [0.1, 0.15) is 5.65 Å². The summed E-state index contributed by atoms with van der Waals surface area (Å²) in [5.74, 6) is 0.260. The van der Waals surface area contributed by atoms with Crippen LogP contribution in [0.1, 0.15) is 45.7 Å². The lowest BCUT2D eigenvalue weighted by atomic mass is 9.91. The van der Waals surface area contributed by atoms with Crippen molar-refractivity contribution in [2.75, 3.05) is 0 Å². The van der Waals surface area contributed by atoms with Gasteiger partial charge in [-0.2, -0.15) is 0 Å². The monoisotopic (exact) mass is 285 g/mol. The molecule has 0 bridgehead atoms. The predicted octanol–water partition coefficient (Wildman–Crippen LogP) is 3.26. The molecule has 21 heavy (non-hydrogen) atoms. The Labute approximate surface area is 125 Å². The minimum Gasteiger partial charge on any atom is -0.334 e. The van der Waals surface area contributed by atoms with Gasteiger partial charge in [0.25, 0.3) is 0 Å². The molecule has 4 heteroatoms. The van der Waals surface area contributed by atoms with Crippen molar-refractivity contribution in [3.05, 3.63) is 36.3 Å². The Morgan fingerprint density at radius 1 is 1.38 bits per heavy atom. The summed E-state index contributed by atoms with van der Waals surface area (Å²) in [7, 11) is 0. The van der Waals surface area contributed by atoms with E-state index in [9.17, 15) is 4.79 Å². The molecule has 0 aromatic carbocycles. The number of pyridine rings is 1. The van der Waals surface area contributed by atoms with E-state index in [0.29, 0.717) is 19.0 Å². The van der Waals surface area contributed by atoms with Crippen molar-refractivity contribution in [3.8, 4) is 0 Å². The average molecular weight is 285 g/mol. The van der Waals surface area contributed by atoms with Gasteiger partial charge in [0.15, 0.2) is 0 Å². The number of amides is 1. The van der Waals surface area contributed by atoms with E-state index in [1.54, 1.807) is 0 Å². The molecule has 0 unspecified atom stereocenters. The van der Waals surface area contributed by atoms with E-state index in [0.717, 1.165) is 24.2 Å². The first-order valence-corrected chi connectivity index (χ1v) is 7.64. The summed E-state index contributed by atoms with van der Waals surface area (Å²) in [5, 5.41) is 0. The van der Waals surface area contributed by atoms with E-state index in [2.05, 4.69) is 30.2 Å². The first-order valence-electron chi connectivity index (χ1n) is 7.64. The molecule has 0 radical (unpaired) electrons. The summed E-state index contributed by atoms with van der Waals surface area (Å²) >= 11 is 0. The Morgan fingerprint density at radius 2 is 2.14 bits per heavy atom. The minimum atomic E-state index is 0.0315. The molecule has 0 N–H and O–H groups in total. The fourth-order valence-corrected chi connectivity index (χ4v) is 2.64. The van der Waals surface area contributed by atoms with Crippen molar-refractivity contribution < 1.29 is 4.79 Å². The SMILES string of the molecule is CC(C)(C)CC(=O)N(Cc1cnc2ccccn12)C1CC1. The average Bonchev–Trinajstić information content (AvgIpc) is 3.15. The highest BCUT2D eigenvalue weighted by Crippen LogP contribution is 2.31. The van der Waals surface area contributed by atoms with Crippen molar-refractivity contribution in [1.82, 2.24) is 14.3 Å². The van der Waals surface area contributed by atoms with Crippen molar-refractivity contribution in [2.45, 2.75) is 52.6 Å². The van der Waals surface area contributed by atoms with Crippen molar-refractivity contribution in [1.29, 1.82) is 0 Å². The van der Waals surface area contributed by atoms with Gasteiger partial charge in [-0.1, -0.05) is 26.8 Å². The lowest BCUT2D eigenvalue weighted by Crippen LogP contribution is -2.35. The van der Waals surface area contributed by atoms with Gasteiger partial charge < -0.3 is 9.30 Å². The lowest BCUT2D eigenvalue weighted by Gasteiger charge is -2.26. The highest BCUT2D eigenvalue weighted by Gasteiger charge is 2.34. The molecular formula is C17H23N3O. The normalized spacial score (nSPS) is 15.4. The van der Waals surface area contributed by atoms with Gasteiger partial charge in [0.2, 0.25) is 5.91 Å². The predicted molar refractivity (Wildman–Crippen MR) is 82.8 cm³/mol. The van der Waals surface area contributed by atoms with Gasteiger partial charge in [-0.05, 0) is 30.4 Å². The molecule has 0 atom stereocenters. The molecule has 1 aliphatic rings. The number of rotatable bonds is 4. The van der Waals surface area contributed by atoms with E-state index in [1.807, 2.05) is 35.5 Å². The summed E-state index contributed by atoms with van der Waals surface area (Å²) in [5.41, 5.74) is 2.05. The number of fused-ring (bicyclic) bond motifs is 1. The van der Waals surface area contributed by atoms with Crippen LogP contribution >= 0.6 is 0 Å². The molecular weight excluding hydrogens is 262 g/mol. The van der Waals surface area contributed by atoms with Gasteiger partial charge in [-0.15, -0.1) is 0 Å². The van der Waals surface area contributed by atoms with Crippen LogP contribution in [0, 0.1) is 5.41 Å². The Hall–Kier alpha value is -1.84. The van der Waals surface area contributed by atoms with Crippen LogP contribution in [0.3, 0.4) is 0 Å². The Balaban J connectivity index is 1.81. The van der Waals surface area contributed by atoms with Crippen LogP contribution in [0.5, 0.6) is 0 Å². The van der Waals surface area contributed by atoms with E-state index >= 15 is 0 Å². The second-order valence-corrected chi connectivity index (χ2v) is 7.17. The molecule has 2 aromatic heterocycles. The standard InChI is InChI=1S/C17H23N3O/c1-17(2,3)10-16(21)20(13-7-8-13)12-14-11-18-15-6-4-5-9-19(14)15/h4-6,9,11,13H,7-8,10,12H2,1-3H3. The molecule has 0 spiro atoms. The summed E-state index contributed by atoms with van der Waals surface area (Å²) in [4.78, 5) is 19.1. The number of aromatic nitrogens is 2. The zero-order chi connectivity index (χ0) is 15.0. The Kier molecular flexibility index (Phi) is 3.47. The number of nitrogens with zero attached hydrogens (tertiary/aromatic N) is 3. The molecule has 4 nitrogen and oxygen atoms in total. The summed E-state index contributed by atoms with van der Waals surface area (Å²) in [6.45, 7) is 7.00. The lowest BCUT2D eigenvalue weighted by molar-refractivity contribution is -0.134. The van der Waals surface area contributed by atoms with Gasteiger partial charge in [-0.3, -0.25) is 4.79 Å². The third kappa shape index (κ3) is 3.26. The zero-order valence-electron chi connectivity index (χ0n) is 13.0. The van der Waals surface area contributed by atoms with Crippen LogP contribution in [-0.2, 0) is 11.3 Å². The molecule has 1 fully saturated rings. The summed E-state index contributed by atoms with van der Waals surface area (Å²) in [6.07, 6.45) is 6.76. The Bertz CT molecular complexity index is 649. The number of carbonyl (C=O) groups excluding carboxylic acids is 1. The molecule has 3 rings (SSSR count). The maximum absolute atomic E-state index is 12.6. The van der Waals surface area contributed by atoms with Crippen LogP contribution in [-0.4, -0.2) is 26.2 Å². The van der Waals surface area contributed by atoms with Crippen molar-refractivity contribution in [3.63, 3.8) is 0 Å².